The molecule has 0 saturated carbocycles. The zero-order valence-electron chi connectivity index (χ0n) is 26.7. The Morgan fingerprint density at radius 2 is 1.98 bits per heavy atom. The molecule has 0 radical (unpaired) electrons. The number of H-pyrrole nitrogens is 1. The number of aryl methyl sites for hydroxylation is 1. The molecule has 9 heteroatoms. The van der Waals surface area contributed by atoms with Gasteiger partial charge in [0.25, 0.3) is 0 Å². The van der Waals surface area contributed by atoms with Gasteiger partial charge < -0.3 is 10.1 Å². The van der Waals surface area contributed by atoms with Crippen LogP contribution in [0.3, 0.4) is 0 Å². The number of aromatic amines is 1. The molecular formula is C37H40FN3O2S3. The Hall–Kier alpha value is -3.14. The molecule has 3 aromatic heterocycles. The van der Waals surface area contributed by atoms with Gasteiger partial charge in [-0.05, 0) is 90.5 Å². The van der Waals surface area contributed by atoms with E-state index in [4.69, 9.17) is 4.98 Å². The van der Waals surface area contributed by atoms with Crippen LogP contribution in [-0.2, 0) is 23.1 Å². The highest BCUT2D eigenvalue weighted by Gasteiger charge is 2.33. The number of aromatic nitrogens is 3. The molecule has 4 heterocycles. The van der Waals surface area contributed by atoms with Crippen molar-refractivity contribution in [2.75, 3.05) is 11.5 Å². The van der Waals surface area contributed by atoms with E-state index in [1.807, 2.05) is 42.2 Å². The number of thiazole rings is 1. The lowest BCUT2D eigenvalue weighted by molar-refractivity contribution is -0.141. The first-order valence-electron chi connectivity index (χ1n) is 15.8. The first-order chi connectivity index (χ1) is 22.0. The van der Waals surface area contributed by atoms with E-state index >= 15 is 4.39 Å². The van der Waals surface area contributed by atoms with Gasteiger partial charge in [0.1, 0.15) is 10.8 Å². The molecule has 1 unspecified atom stereocenters. The van der Waals surface area contributed by atoms with Gasteiger partial charge in [-0.3, -0.25) is 9.78 Å². The minimum atomic E-state index is -0.783. The lowest BCUT2D eigenvalue weighted by Crippen LogP contribution is -2.26. The number of hydrogen-bond donors (Lipinski definition) is 2. The molecule has 2 N–H and O–H groups in total. The number of hydrogen-bond acceptors (Lipinski definition) is 6. The number of fused-ring (bicyclic) bond motifs is 8. The normalized spacial score (nSPS) is 19.6. The van der Waals surface area contributed by atoms with Crippen LogP contribution in [0.2, 0.25) is 0 Å². The molecule has 46 heavy (non-hydrogen) atoms. The Kier molecular flexibility index (Phi) is 9.65. The van der Waals surface area contributed by atoms with Crippen LogP contribution in [0.25, 0.3) is 21.6 Å². The molecule has 2 atom stereocenters. The van der Waals surface area contributed by atoms with Gasteiger partial charge >= 0.3 is 5.97 Å². The SMILES string of the molecule is CC(Cc1cccc([C@@]2(C)CCCC(C)(C)CSCCc3c(c(F)cc4[nH]ccc34)Sc3ccnc(c3)-c3nc2cs3)c1)C(=O)O. The summed E-state index contributed by atoms with van der Waals surface area (Å²) in [7, 11) is 0. The minimum absolute atomic E-state index is 0.132. The van der Waals surface area contributed by atoms with Gasteiger partial charge in [0, 0.05) is 39.0 Å². The van der Waals surface area contributed by atoms with Gasteiger partial charge in [-0.25, -0.2) is 9.37 Å². The van der Waals surface area contributed by atoms with Crippen molar-refractivity contribution in [3.63, 3.8) is 0 Å². The van der Waals surface area contributed by atoms with Crippen LogP contribution >= 0.6 is 34.9 Å². The van der Waals surface area contributed by atoms with E-state index in [-0.39, 0.29) is 16.6 Å². The fourth-order valence-electron chi connectivity index (χ4n) is 6.35. The Bertz CT molecular complexity index is 1870. The molecule has 5 nitrogen and oxygen atoms in total. The number of nitrogens with one attached hydrogen (secondary N) is 1. The maximum Gasteiger partial charge on any atom is 0.306 e. The second kappa shape index (κ2) is 13.5. The summed E-state index contributed by atoms with van der Waals surface area (Å²) in [6, 6.07) is 16.0. The number of carboxylic acid groups (broad SMARTS) is 1. The summed E-state index contributed by atoms with van der Waals surface area (Å²) < 4.78 is 15.7. The smallest absolute Gasteiger partial charge is 0.306 e. The Labute approximate surface area is 282 Å². The Balaban J connectivity index is 1.41. The average molecular weight is 674 g/mol. The fraction of sp³-hybridized carbons (Fsp3) is 0.378. The van der Waals surface area contributed by atoms with Crippen LogP contribution in [-0.4, -0.2) is 37.5 Å². The minimum Gasteiger partial charge on any atom is -0.481 e. The van der Waals surface area contributed by atoms with E-state index in [1.165, 1.54) is 11.8 Å². The third kappa shape index (κ3) is 7.06. The van der Waals surface area contributed by atoms with Crippen molar-refractivity contribution in [3.8, 4) is 10.7 Å². The third-order valence-corrected chi connectivity index (χ3v) is 12.6. The fourth-order valence-corrected chi connectivity index (χ4v) is 9.49. The molecule has 0 amide bonds. The van der Waals surface area contributed by atoms with Crippen molar-refractivity contribution in [2.24, 2.45) is 11.3 Å². The molecule has 0 spiro atoms. The van der Waals surface area contributed by atoms with Gasteiger partial charge in [-0.1, -0.05) is 63.2 Å². The molecule has 1 aliphatic heterocycles. The van der Waals surface area contributed by atoms with E-state index in [0.717, 1.165) is 86.1 Å². The van der Waals surface area contributed by atoms with Crippen molar-refractivity contribution in [2.45, 2.75) is 75.0 Å². The van der Waals surface area contributed by atoms with Crippen molar-refractivity contribution in [1.82, 2.24) is 15.0 Å². The van der Waals surface area contributed by atoms with Crippen molar-refractivity contribution < 1.29 is 14.3 Å². The lowest BCUT2D eigenvalue weighted by atomic mass is 9.74. The summed E-state index contributed by atoms with van der Waals surface area (Å²) in [6.07, 6.45) is 7.96. The van der Waals surface area contributed by atoms with Crippen molar-refractivity contribution in [1.29, 1.82) is 0 Å². The summed E-state index contributed by atoms with van der Waals surface area (Å²) in [6.45, 7) is 8.72. The molecule has 4 bridgehead atoms. The highest BCUT2D eigenvalue weighted by molar-refractivity contribution is 7.99. The maximum absolute atomic E-state index is 15.7. The van der Waals surface area contributed by atoms with E-state index in [2.05, 4.69) is 54.3 Å². The number of aliphatic carboxylic acids is 1. The first-order valence-corrected chi connectivity index (χ1v) is 18.7. The summed E-state index contributed by atoms with van der Waals surface area (Å²) >= 11 is 4.99. The number of pyridine rings is 1. The second-order valence-corrected chi connectivity index (χ2v) is 16.5. The molecule has 0 fully saturated rings. The topological polar surface area (TPSA) is 78.9 Å². The monoisotopic (exact) mass is 673 g/mol. The number of carbonyl (C=O) groups is 1. The summed E-state index contributed by atoms with van der Waals surface area (Å²) in [5, 5.41) is 13.6. The highest BCUT2D eigenvalue weighted by Crippen LogP contribution is 2.43. The molecule has 1 aliphatic rings. The third-order valence-electron chi connectivity index (χ3n) is 9.15. The van der Waals surface area contributed by atoms with Crippen LogP contribution < -0.4 is 0 Å². The zero-order chi connectivity index (χ0) is 32.5. The number of benzene rings is 2. The molecule has 6 rings (SSSR count). The van der Waals surface area contributed by atoms with Gasteiger partial charge in [0.05, 0.1) is 22.2 Å². The second-order valence-electron chi connectivity index (χ2n) is 13.4. The molecular weight excluding hydrogens is 634 g/mol. The molecule has 240 valence electrons. The van der Waals surface area contributed by atoms with Crippen LogP contribution in [0, 0.1) is 17.2 Å². The lowest BCUT2D eigenvalue weighted by Gasteiger charge is -2.32. The van der Waals surface area contributed by atoms with Crippen LogP contribution in [0.15, 0.2) is 76.1 Å². The molecule has 2 aromatic carbocycles. The van der Waals surface area contributed by atoms with Gasteiger partial charge in [-0.15, -0.1) is 11.3 Å². The average Bonchev–Trinajstić information content (AvgIpc) is 3.71. The summed E-state index contributed by atoms with van der Waals surface area (Å²) in [5.41, 5.74) is 5.61. The maximum atomic E-state index is 15.7. The van der Waals surface area contributed by atoms with Crippen LogP contribution in [0.4, 0.5) is 4.39 Å². The Morgan fingerprint density at radius 3 is 2.80 bits per heavy atom. The van der Waals surface area contributed by atoms with Crippen molar-refractivity contribution in [3.05, 3.63) is 94.5 Å². The van der Waals surface area contributed by atoms with E-state index in [9.17, 15) is 9.90 Å². The molecule has 0 saturated heterocycles. The number of carboxylic acids is 1. The quantitative estimate of drug-likeness (QED) is 0.198. The molecule has 5 aromatic rings. The standard InChI is InChI=1S/C37H40FN3O2S3/c1-23(35(42)43)17-24-7-5-8-25(18-24)37(4)13-6-12-36(2,3)22-44-16-11-28-27-10-15-39-30(27)20-29(38)33(28)46-26-9-14-40-31(19-26)34-41-32(37)21-45-34/h5,7-10,14-15,18-21,23,39H,6,11-13,16-17,22H2,1-4H3,(H,42,43)/t23?,37-/m1/s1. The van der Waals surface area contributed by atoms with E-state index < -0.39 is 11.9 Å². The van der Waals surface area contributed by atoms with Gasteiger partial charge in [0.2, 0.25) is 0 Å². The summed E-state index contributed by atoms with van der Waals surface area (Å²) in [5.74, 6) is 0.495. The van der Waals surface area contributed by atoms with Crippen molar-refractivity contribution >= 4 is 51.7 Å². The number of halogens is 1. The number of nitrogens with zero attached hydrogens (tertiary/aromatic N) is 2. The number of rotatable bonds is 4. The van der Waals surface area contributed by atoms with E-state index in [1.54, 1.807) is 30.5 Å². The predicted octanol–water partition coefficient (Wildman–Crippen LogP) is 10.0. The first kappa shape index (κ1) is 32.8. The van der Waals surface area contributed by atoms with E-state index in [0.29, 0.717) is 11.3 Å². The summed E-state index contributed by atoms with van der Waals surface area (Å²) in [4.78, 5) is 26.3. The largest absolute Gasteiger partial charge is 0.481 e. The Morgan fingerprint density at radius 1 is 1.13 bits per heavy atom. The number of thioether (sulfide) groups is 1. The molecule has 0 aliphatic carbocycles. The predicted molar refractivity (Wildman–Crippen MR) is 190 cm³/mol. The van der Waals surface area contributed by atoms with Crippen LogP contribution in [0.5, 0.6) is 0 Å². The highest BCUT2D eigenvalue weighted by atomic mass is 32.2. The van der Waals surface area contributed by atoms with Gasteiger partial charge in [-0.2, -0.15) is 11.8 Å². The van der Waals surface area contributed by atoms with Gasteiger partial charge in [0.15, 0.2) is 0 Å². The van der Waals surface area contributed by atoms with Crippen LogP contribution in [0.1, 0.15) is 69.3 Å². The zero-order valence-corrected chi connectivity index (χ0v) is 29.2.